The lowest BCUT2D eigenvalue weighted by atomic mass is 9.96. The van der Waals surface area contributed by atoms with Gasteiger partial charge in [-0.3, -0.25) is 4.99 Å². The fraction of sp³-hybridized carbons (Fsp3) is 0.0577. The highest BCUT2D eigenvalue weighted by atomic mass is 16.3. The van der Waals surface area contributed by atoms with Gasteiger partial charge in [0.1, 0.15) is 17.5 Å². The van der Waals surface area contributed by atoms with Crippen LogP contribution < -0.4 is 5.32 Å². The first-order valence-electron chi connectivity index (χ1n) is 19.3. The molecule has 0 amide bonds. The fourth-order valence-corrected chi connectivity index (χ4v) is 8.67. The van der Waals surface area contributed by atoms with Crippen molar-refractivity contribution in [2.24, 2.45) is 4.99 Å². The molecule has 1 aliphatic carbocycles. The van der Waals surface area contributed by atoms with E-state index in [0.717, 1.165) is 45.9 Å². The zero-order chi connectivity index (χ0) is 37.0. The summed E-state index contributed by atoms with van der Waals surface area (Å²) in [4.78, 5) is 5.40. The van der Waals surface area contributed by atoms with Gasteiger partial charge in [-0.25, -0.2) is 0 Å². The summed E-state index contributed by atoms with van der Waals surface area (Å²) in [5, 5.41) is 7.57. The predicted octanol–water partition coefficient (Wildman–Crippen LogP) is 12.8. The van der Waals surface area contributed by atoms with Crippen LogP contribution in [-0.2, 0) is 6.42 Å². The predicted molar refractivity (Wildman–Crippen MR) is 232 cm³/mol. The van der Waals surface area contributed by atoms with E-state index >= 15 is 0 Å². The van der Waals surface area contributed by atoms with Gasteiger partial charge in [0, 0.05) is 44.9 Å². The maximum atomic E-state index is 6.26. The van der Waals surface area contributed by atoms with E-state index in [1.54, 1.807) is 0 Å². The third kappa shape index (κ3) is 5.57. The van der Waals surface area contributed by atoms with Gasteiger partial charge >= 0.3 is 0 Å². The first-order chi connectivity index (χ1) is 27.7. The zero-order valence-electron chi connectivity index (χ0n) is 30.6. The number of nitrogens with zero attached hydrogens (tertiary/aromatic N) is 2. The summed E-state index contributed by atoms with van der Waals surface area (Å²) in [6.45, 7) is 0. The van der Waals surface area contributed by atoms with Crippen molar-refractivity contribution in [2.75, 3.05) is 0 Å². The number of para-hydroxylation sites is 2. The van der Waals surface area contributed by atoms with E-state index in [-0.39, 0.29) is 12.2 Å². The summed E-state index contributed by atoms with van der Waals surface area (Å²) < 4.78 is 8.79. The number of fused-ring (bicyclic) bond motifs is 6. The number of benzene rings is 7. The molecule has 0 fully saturated rings. The van der Waals surface area contributed by atoms with Gasteiger partial charge in [-0.1, -0.05) is 152 Å². The molecule has 0 saturated heterocycles. The van der Waals surface area contributed by atoms with Gasteiger partial charge in [-0.15, -0.1) is 0 Å². The second-order valence-corrected chi connectivity index (χ2v) is 14.7. The molecule has 4 nitrogen and oxygen atoms in total. The summed E-state index contributed by atoms with van der Waals surface area (Å²) >= 11 is 0. The Bertz CT molecular complexity index is 3040. The maximum Gasteiger partial charge on any atom is 0.145 e. The molecular formula is C52H37N3O. The van der Waals surface area contributed by atoms with Crippen molar-refractivity contribution >= 4 is 50.3 Å². The molecule has 9 aromatic rings. The van der Waals surface area contributed by atoms with Crippen molar-refractivity contribution in [1.82, 2.24) is 9.88 Å². The first-order valence-corrected chi connectivity index (χ1v) is 19.3. The van der Waals surface area contributed by atoms with E-state index in [1.165, 1.54) is 55.0 Å². The largest absolute Gasteiger partial charge is 0.456 e. The SMILES string of the molecule is C1=CC(n2c3ccccc3c3ccc(C4=CC(c5cccc(-c6ccccc6)c5)=NC(c5cccc(-c6ccccc6)c5)N4)cc32)Cc2c1oc1ccccc21. The summed E-state index contributed by atoms with van der Waals surface area (Å²) in [6.07, 6.45) is 7.27. The fourth-order valence-electron chi connectivity index (χ4n) is 8.67. The third-order valence-electron chi connectivity index (χ3n) is 11.4. The van der Waals surface area contributed by atoms with Crippen LogP contribution in [0.1, 0.15) is 40.2 Å². The summed E-state index contributed by atoms with van der Waals surface area (Å²) in [5.41, 5.74) is 14.7. The van der Waals surface area contributed by atoms with Crippen molar-refractivity contribution in [2.45, 2.75) is 18.6 Å². The number of rotatable bonds is 6. The molecule has 56 heavy (non-hydrogen) atoms. The second kappa shape index (κ2) is 13.3. The number of hydrogen-bond acceptors (Lipinski definition) is 3. The Morgan fingerprint density at radius 1 is 0.536 bits per heavy atom. The molecule has 0 saturated carbocycles. The highest BCUT2D eigenvalue weighted by molar-refractivity contribution is 6.14. The van der Waals surface area contributed by atoms with E-state index in [9.17, 15) is 0 Å². The Morgan fingerprint density at radius 2 is 1.20 bits per heavy atom. The molecule has 11 rings (SSSR count). The van der Waals surface area contributed by atoms with Crippen LogP contribution in [0.3, 0.4) is 0 Å². The summed E-state index contributed by atoms with van der Waals surface area (Å²) in [5.74, 6) is 0.964. The lowest BCUT2D eigenvalue weighted by Gasteiger charge is -2.26. The molecule has 0 radical (unpaired) electrons. The Morgan fingerprint density at radius 3 is 2.02 bits per heavy atom. The number of allylic oxidation sites excluding steroid dienone is 2. The van der Waals surface area contributed by atoms with Gasteiger partial charge in [0.25, 0.3) is 0 Å². The Balaban J connectivity index is 1.04. The zero-order valence-corrected chi connectivity index (χ0v) is 30.6. The van der Waals surface area contributed by atoms with Crippen molar-refractivity contribution in [3.8, 4) is 22.3 Å². The molecular weight excluding hydrogens is 683 g/mol. The molecule has 7 aromatic carbocycles. The van der Waals surface area contributed by atoms with E-state index in [1.807, 2.05) is 6.07 Å². The van der Waals surface area contributed by atoms with Crippen LogP contribution in [0.4, 0.5) is 0 Å². The van der Waals surface area contributed by atoms with E-state index in [2.05, 4.69) is 198 Å². The van der Waals surface area contributed by atoms with Gasteiger partial charge in [-0.05, 0) is 75.9 Å². The average molecular weight is 720 g/mol. The van der Waals surface area contributed by atoms with Crippen LogP contribution >= 0.6 is 0 Å². The number of aliphatic imine (C=N–C) groups is 1. The average Bonchev–Trinajstić information content (AvgIpc) is 3.82. The Hall–Kier alpha value is -7.17. The molecule has 1 aliphatic heterocycles. The lowest BCUT2D eigenvalue weighted by molar-refractivity contribution is 0.572. The molecule has 3 heterocycles. The van der Waals surface area contributed by atoms with Crippen LogP contribution in [0.15, 0.2) is 197 Å². The highest BCUT2D eigenvalue weighted by Crippen LogP contribution is 2.40. The van der Waals surface area contributed by atoms with Crippen molar-refractivity contribution in [3.05, 3.63) is 216 Å². The normalized spacial score (nSPS) is 16.4. The lowest BCUT2D eigenvalue weighted by Crippen LogP contribution is -2.25. The number of aromatic nitrogens is 1. The molecule has 2 aliphatic rings. The van der Waals surface area contributed by atoms with Gasteiger partial charge in [0.15, 0.2) is 0 Å². The van der Waals surface area contributed by atoms with Crippen LogP contribution in [-0.4, -0.2) is 10.3 Å². The van der Waals surface area contributed by atoms with Crippen LogP contribution in [0.25, 0.3) is 66.8 Å². The highest BCUT2D eigenvalue weighted by Gasteiger charge is 2.26. The molecule has 0 bridgehead atoms. The summed E-state index contributed by atoms with van der Waals surface area (Å²) in [6, 6.07) is 62.9. The number of furan rings is 1. The maximum absolute atomic E-state index is 6.26. The molecule has 2 aromatic heterocycles. The van der Waals surface area contributed by atoms with E-state index < -0.39 is 0 Å². The minimum absolute atomic E-state index is 0.126. The van der Waals surface area contributed by atoms with Gasteiger partial charge in [-0.2, -0.15) is 0 Å². The molecule has 2 atom stereocenters. The number of nitrogens with one attached hydrogen (secondary N) is 1. The summed E-state index contributed by atoms with van der Waals surface area (Å²) in [7, 11) is 0. The third-order valence-corrected chi connectivity index (χ3v) is 11.4. The molecule has 266 valence electrons. The van der Waals surface area contributed by atoms with Gasteiger partial charge < -0.3 is 14.3 Å². The van der Waals surface area contributed by atoms with Gasteiger partial charge in [0.05, 0.1) is 17.3 Å². The van der Waals surface area contributed by atoms with E-state index in [4.69, 9.17) is 9.41 Å². The minimum atomic E-state index is -0.287. The van der Waals surface area contributed by atoms with Crippen molar-refractivity contribution in [1.29, 1.82) is 0 Å². The quantitative estimate of drug-likeness (QED) is 0.186. The van der Waals surface area contributed by atoms with Crippen molar-refractivity contribution in [3.63, 3.8) is 0 Å². The van der Waals surface area contributed by atoms with Crippen molar-refractivity contribution < 1.29 is 4.42 Å². The van der Waals surface area contributed by atoms with Crippen LogP contribution in [0.2, 0.25) is 0 Å². The Kier molecular flexibility index (Phi) is 7.66. The first kappa shape index (κ1) is 32.3. The Labute approximate surface area is 325 Å². The molecule has 4 heteroatoms. The smallest absolute Gasteiger partial charge is 0.145 e. The van der Waals surface area contributed by atoms with Crippen LogP contribution in [0, 0.1) is 0 Å². The molecule has 2 unspecified atom stereocenters. The topological polar surface area (TPSA) is 42.5 Å². The van der Waals surface area contributed by atoms with Crippen LogP contribution in [0.5, 0.6) is 0 Å². The van der Waals surface area contributed by atoms with Gasteiger partial charge in [0.2, 0.25) is 0 Å². The molecule has 1 N–H and O–H groups in total. The minimum Gasteiger partial charge on any atom is -0.456 e. The van der Waals surface area contributed by atoms with E-state index in [0.29, 0.717) is 0 Å². The standard InChI is InChI=1S/C52H37N3O/c1-3-13-34(14-4-1)36-17-11-19-38(29-36)46-33-47(54-52(53-46)40-20-12-18-37(30-40)35-15-5-2-6-16-35)39-25-27-43-42-21-7-9-23-48(42)55(49(43)31-39)41-26-28-51-45(32-41)44-22-8-10-24-50(44)56-51/h1-31,33,41,52,54H,32H2. The molecule has 0 spiro atoms. The second-order valence-electron chi connectivity index (χ2n) is 14.7. The number of hydrogen-bond donors (Lipinski definition) is 1. The monoisotopic (exact) mass is 719 g/mol.